The van der Waals surface area contributed by atoms with Crippen LogP contribution >= 0.6 is 0 Å². The molecule has 7 nitrogen and oxygen atoms in total. The molecule has 3 rings (SSSR count). The van der Waals surface area contributed by atoms with Crippen LogP contribution in [0, 0.1) is 10.1 Å². The molecular weight excluding hydrogens is 358 g/mol. The van der Waals surface area contributed by atoms with E-state index in [0.717, 1.165) is 36.8 Å². The van der Waals surface area contributed by atoms with Gasteiger partial charge in [0.1, 0.15) is 5.69 Å². The topological polar surface area (TPSA) is 95.7 Å². The van der Waals surface area contributed by atoms with Crippen molar-refractivity contribution >= 4 is 28.8 Å². The third kappa shape index (κ3) is 3.93. The lowest BCUT2D eigenvalue weighted by molar-refractivity contribution is -0.384. The van der Waals surface area contributed by atoms with Crippen LogP contribution in [0.2, 0.25) is 0 Å². The average Bonchev–Trinajstić information content (AvgIpc) is 2.61. The maximum atomic E-state index is 11.7. The summed E-state index contributed by atoms with van der Waals surface area (Å²) >= 11 is 0. The molecule has 0 unspecified atom stereocenters. The van der Waals surface area contributed by atoms with Crippen LogP contribution in [0.1, 0.15) is 44.7 Å². The van der Waals surface area contributed by atoms with E-state index < -0.39 is 11.6 Å². The number of benzene rings is 2. The number of amides is 1. The van der Waals surface area contributed by atoms with Crippen molar-refractivity contribution in [1.82, 2.24) is 0 Å². The van der Waals surface area contributed by atoms with E-state index in [1.165, 1.54) is 4.90 Å². The molecule has 28 heavy (non-hydrogen) atoms. The summed E-state index contributed by atoms with van der Waals surface area (Å²) in [5.74, 6) is 0. The Labute approximate surface area is 164 Å². The standard InChI is InChI=1S/C21H25N3O4/c1-21(2,3)23(20(25)26)16-11-9-15(10-12-16)22-18-13-8-14-6-4-5-7-17(14)19(18)24(27)28/h8-13,22H,4-7H2,1-3H3,(H,25,26). The molecule has 0 heterocycles. The number of hydrogen-bond donors (Lipinski definition) is 2. The summed E-state index contributed by atoms with van der Waals surface area (Å²) in [6.45, 7) is 5.47. The Morgan fingerprint density at radius 1 is 1.11 bits per heavy atom. The van der Waals surface area contributed by atoms with Crippen molar-refractivity contribution in [3.63, 3.8) is 0 Å². The molecule has 2 aromatic carbocycles. The van der Waals surface area contributed by atoms with Gasteiger partial charge in [0.15, 0.2) is 0 Å². The fourth-order valence-corrected chi connectivity index (χ4v) is 3.75. The van der Waals surface area contributed by atoms with E-state index in [1.807, 2.05) is 26.8 Å². The number of rotatable bonds is 4. The van der Waals surface area contributed by atoms with Crippen molar-refractivity contribution in [2.45, 2.75) is 52.0 Å². The maximum absolute atomic E-state index is 11.7. The molecule has 2 N–H and O–H groups in total. The van der Waals surface area contributed by atoms with Crippen molar-refractivity contribution in [1.29, 1.82) is 0 Å². The molecule has 2 aromatic rings. The Kier molecular flexibility index (Phi) is 5.27. The van der Waals surface area contributed by atoms with Gasteiger partial charge in [-0.2, -0.15) is 0 Å². The van der Waals surface area contributed by atoms with Crippen molar-refractivity contribution in [2.75, 3.05) is 10.2 Å². The minimum Gasteiger partial charge on any atom is -0.465 e. The first-order valence-electron chi connectivity index (χ1n) is 9.38. The van der Waals surface area contributed by atoms with Crippen LogP contribution in [0.3, 0.4) is 0 Å². The molecule has 0 saturated carbocycles. The number of nitrogens with zero attached hydrogens (tertiary/aromatic N) is 2. The van der Waals surface area contributed by atoms with Crippen molar-refractivity contribution < 1.29 is 14.8 Å². The number of hydrogen-bond acceptors (Lipinski definition) is 4. The Morgan fingerprint density at radius 2 is 1.75 bits per heavy atom. The molecule has 7 heteroatoms. The number of anilines is 3. The molecular formula is C21H25N3O4. The van der Waals surface area contributed by atoms with Crippen LogP contribution in [0.4, 0.5) is 27.5 Å². The van der Waals surface area contributed by atoms with Crippen LogP contribution < -0.4 is 10.2 Å². The molecule has 0 saturated heterocycles. The van der Waals surface area contributed by atoms with Gasteiger partial charge in [0.2, 0.25) is 0 Å². The summed E-state index contributed by atoms with van der Waals surface area (Å²) in [5.41, 5.74) is 3.11. The SMILES string of the molecule is CC(C)(C)N(C(=O)O)c1ccc(Nc2ccc3c(c2[N+](=O)[O-])CCCC3)cc1. The van der Waals surface area contributed by atoms with E-state index in [2.05, 4.69) is 5.32 Å². The van der Waals surface area contributed by atoms with Gasteiger partial charge < -0.3 is 10.4 Å². The van der Waals surface area contributed by atoms with Gasteiger partial charge in [-0.3, -0.25) is 15.0 Å². The smallest absolute Gasteiger partial charge is 0.412 e. The maximum Gasteiger partial charge on any atom is 0.412 e. The molecule has 0 atom stereocenters. The van der Waals surface area contributed by atoms with E-state index in [0.29, 0.717) is 17.1 Å². The van der Waals surface area contributed by atoms with E-state index in [4.69, 9.17) is 0 Å². The van der Waals surface area contributed by atoms with Gasteiger partial charge in [-0.1, -0.05) is 6.07 Å². The van der Waals surface area contributed by atoms with Crippen LogP contribution in [-0.2, 0) is 12.8 Å². The lowest BCUT2D eigenvalue weighted by Gasteiger charge is -2.33. The third-order valence-electron chi connectivity index (χ3n) is 4.95. The zero-order valence-electron chi connectivity index (χ0n) is 16.4. The van der Waals surface area contributed by atoms with Gasteiger partial charge >= 0.3 is 6.09 Å². The second-order valence-corrected chi connectivity index (χ2v) is 8.02. The Bertz CT molecular complexity index is 901. The lowest BCUT2D eigenvalue weighted by Crippen LogP contribution is -2.45. The number of nitro benzene ring substituents is 1. The molecule has 1 aliphatic rings. The zero-order chi connectivity index (χ0) is 20.5. The fourth-order valence-electron chi connectivity index (χ4n) is 3.75. The highest BCUT2D eigenvalue weighted by Gasteiger charge is 2.28. The quantitative estimate of drug-likeness (QED) is 0.537. The fraction of sp³-hybridized carbons (Fsp3) is 0.381. The van der Waals surface area contributed by atoms with E-state index in [-0.39, 0.29) is 10.6 Å². The van der Waals surface area contributed by atoms with Crippen molar-refractivity contribution in [2.24, 2.45) is 0 Å². The molecule has 1 amide bonds. The second kappa shape index (κ2) is 7.50. The van der Waals surface area contributed by atoms with Crippen LogP contribution in [0.25, 0.3) is 0 Å². The first kappa shape index (κ1) is 19.7. The highest BCUT2D eigenvalue weighted by molar-refractivity contribution is 5.88. The zero-order valence-corrected chi connectivity index (χ0v) is 16.4. The predicted octanol–water partition coefficient (Wildman–Crippen LogP) is 5.50. The lowest BCUT2D eigenvalue weighted by atomic mass is 9.90. The summed E-state index contributed by atoms with van der Waals surface area (Å²) in [7, 11) is 0. The van der Waals surface area contributed by atoms with Gasteiger partial charge in [-0.05, 0) is 82.3 Å². The number of nitro groups is 1. The molecule has 148 valence electrons. The molecule has 0 spiro atoms. The highest BCUT2D eigenvalue weighted by Crippen LogP contribution is 2.37. The van der Waals surface area contributed by atoms with Gasteiger partial charge in [-0.15, -0.1) is 0 Å². The molecule has 1 aliphatic carbocycles. The Balaban J connectivity index is 1.91. The summed E-state index contributed by atoms with van der Waals surface area (Å²) < 4.78 is 0. The summed E-state index contributed by atoms with van der Waals surface area (Å²) in [4.78, 5) is 24.3. The van der Waals surface area contributed by atoms with Gasteiger partial charge in [0.25, 0.3) is 5.69 Å². The van der Waals surface area contributed by atoms with E-state index in [1.54, 1.807) is 30.3 Å². The molecule has 0 fully saturated rings. The normalized spacial score (nSPS) is 13.5. The minimum atomic E-state index is -1.03. The number of nitrogens with one attached hydrogen (secondary N) is 1. The predicted molar refractivity (Wildman–Crippen MR) is 110 cm³/mol. The number of aryl methyl sites for hydroxylation is 1. The Hall–Kier alpha value is -3.09. The van der Waals surface area contributed by atoms with Gasteiger partial charge in [0, 0.05) is 22.5 Å². The van der Waals surface area contributed by atoms with Gasteiger partial charge in [-0.25, -0.2) is 4.79 Å². The average molecular weight is 383 g/mol. The van der Waals surface area contributed by atoms with Crippen LogP contribution in [0.5, 0.6) is 0 Å². The van der Waals surface area contributed by atoms with Crippen LogP contribution in [0.15, 0.2) is 36.4 Å². The largest absolute Gasteiger partial charge is 0.465 e. The monoisotopic (exact) mass is 383 g/mol. The number of carbonyl (C=O) groups is 1. The molecule has 0 aromatic heterocycles. The Morgan fingerprint density at radius 3 is 2.32 bits per heavy atom. The first-order chi connectivity index (χ1) is 13.2. The van der Waals surface area contributed by atoms with Crippen molar-refractivity contribution in [3.05, 3.63) is 57.6 Å². The minimum absolute atomic E-state index is 0.142. The summed E-state index contributed by atoms with van der Waals surface area (Å²) in [6.07, 6.45) is 2.59. The molecule has 0 radical (unpaired) electrons. The van der Waals surface area contributed by atoms with E-state index in [9.17, 15) is 20.0 Å². The number of carboxylic acid groups (broad SMARTS) is 1. The van der Waals surface area contributed by atoms with Crippen molar-refractivity contribution in [3.8, 4) is 0 Å². The summed E-state index contributed by atoms with van der Waals surface area (Å²) in [5, 5.41) is 24.3. The first-order valence-corrected chi connectivity index (χ1v) is 9.38. The third-order valence-corrected chi connectivity index (χ3v) is 4.95. The molecule has 0 bridgehead atoms. The second-order valence-electron chi connectivity index (χ2n) is 8.02. The number of fused-ring (bicyclic) bond motifs is 1. The molecule has 0 aliphatic heterocycles. The van der Waals surface area contributed by atoms with Gasteiger partial charge in [0.05, 0.1) is 4.92 Å². The highest BCUT2D eigenvalue weighted by atomic mass is 16.6. The van der Waals surface area contributed by atoms with Crippen LogP contribution in [-0.4, -0.2) is 21.7 Å². The summed E-state index contributed by atoms with van der Waals surface area (Å²) in [6, 6.07) is 10.6. The van der Waals surface area contributed by atoms with E-state index >= 15 is 0 Å².